The van der Waals surface area contributed by atoms with Crippen LogP contribution in [0.2, 0.25) is 10.0 Å². The van der Waals surface area contributed by atoms with Crippen molar-refractivity contribution in [2.45, 2.75) is 0 Å². The number of nitrogens with zero attached hydrogens (tertiary/aromatic N) is 3. The van der Waals surface area contributed by atoms with Gasteiger partial charge in [0.2, 0.25) is 0 Å². The average molecular weight is 288 g/mol. The fraction of sp³-hybridized carbons (Fsp3) is 0.222. The Morgan fingerprint density at radius 1 is 1.24 bits per heavy atom. The van der Waals surface area contributed by atoms with Crippen LogP contribution in [0.4, 0.5) is 5.69 Å². The highest BCUT2D eigenvalue weighted by Crippen LogP contribution is 2.35. The smallest absolute Gasteiger partial charge is 0.196 e. The number of hydrogen-bond donors (Lipinski definition) is 2. The van der Waals surface area contributed by atoms with Crippen molar-refractivity contribution < 1.29 is 0 Å². The summed E-state index contributed by atoms with van der Waals surface area (Å²) in [5.74, 6) is 0.698. The molecule has 2 aromatic rings. The lowest BCUT2D eigenvalue weighted by atomic mass is 10.2. The van der Waals surface area contributed by atoms with Crippen molar-refractivity contribution in [3.63, 3.8) is 0 Å². The molecule has 0 fully saturated rings. The van der Waals surface area contributed by atoms with E-state index in [-0.39, 0.29) is 0 Å². The summed E-state index contributed by atoms with van der Waals surface area (Å²) in [6, 6.07) is 1.66. The largest absolute Gasteiger partial charge is 0.354 e. The van der Waals surface area contributed by atoms with Crippen molar-refractivity contribution in [3.8, 4) is 0 Å². The van der Waals surface area contributed by atoms with Crippen LogP contribution in [0.15, 0.2) is 11.1 Å². The van der Waals surface area contributed by atoms with E-state index in [1.54, 1.807) is 6.07 Å². The number of anilines is 1. The molecule has 0 spiro atoms. The van der Waals surface area contributed by atoms with E-state index in [0.29, 0.717) is 32.7 Å². The number of guanidine groups is 1. The third kappa shape index (κ3) is 1.92. The highest BCUT2D eigenvalue weighted by Gasteiger charge is 2.16. The molecule has 0 bridgehead atoms. The van der Waals surface area contributed by atoms with Gasteiger partial charge in [-0.2, -0.15) is 8.75 Å². The zero-order chi connectivity index (χ0) is 11.8. The molecule has 0 amide bonds. The molecule has 0 atom stereocenters. The molecule has 2 heterocycles. The van der Waals surface area contributed by atoms with Gasteiger partial charge in [0.1, 0.15) is 11.0 Å². The Bertz CT molecular complexity index is 609. The van der Waals surface area contributed by atoms with E-state index >= 15 is 0 Å². The van der Waals surface area contributed by atoms with Gasteiger partial charge in [-0.15, -0.1) is 0 Å². The van der Waals surface area contributed by atoms with Gasteiger partial charge >= 0.3 is 0 Å². The van der Waals surface area contributed by atoms with E-state index in [9.17, 15) is 0 Å². The molecule has 88 valence electrons. The summed E-state index contributed by atoms with van der Waals surface area (Å²) in [4.78, 5) is 4.24. The summed E-state index contributed by atoms with van der Waals surface area (Å²) in [6.45, 7) is 1.58. The van der Waals surface area contributed by atoms with Gasteiger partial charge in [0.15, 0.2) is 5.96 Å². The van der Waals surface area contributed by atoms with Crippen LogP contribution < -0.4 is 10.6 Å². The zero-order valence-corrected chi connectivity index (χ0v) is 10.8. The number of rotatable bonds is 1. The van der Waals surface area contributed by atoms with E-state index in [1.807, 2.05) is 0 Å². The van der Waals surface area contributed by atoms with Crippen molar-refractivity contribution in [1.29, 1.82) is 0 Å². The minimum Gasteiger partial charge on any atom is -0.354 e. The molecule has 3 rings (SSSR count). The molecule has 1 aliphatic rings. The van der Waals surface area contributed by atoms with Crippen LogP contribution in [0, 0.1) is 0 Å². The first kappa shape index (κ1) is 11.0. The van der Waals surface area contributed by atoms with E-state index in [2.05, 4.69) is 24.4 Å². The number of halogens is 2. The summed E-state index contributed by atoms with van der Waals surface area (Å²) in [6.07, 6.45) is 0. The number of fused-ring (bicyclic) bond motifs is 1. The summed E-state index contributed by atoms with van der Waals surface area (Å²) in [5.41, 5.74) is 2.01. The van der Waals surface area contributed by atoms with Crippen LogP contribution in [0.3, 0.4) is 0 Å². The number of benzene rings is 1. The number of nitrogens with one attached hydrogen (secondary N) is 2. The highest BCUT2D eigenvalue weighted by atomic mass is 35.5. The standard InChI is InChI=1S/C9H7Cl2N5S/c10-4-3-5(11)7-8(16-17-15-7)6(4)14-9-12-1-2-13-9/h3H,1-2H2,(H2,12,13,14). The molecule has 1 aliphatic heterocycles. The van der Waals surface area contributed by atoms with Crippen LogP contribution in [-0.2, 0) is 0 Å². The minimum atomic E-state index is 0.505. The molecule has 17 heavy (non-hydrogen) atoms. The lowest BCUT2D eigenvalue weighted by Gasteiger charge is -2.09. The van der Waals surface area contributed by atoms with Gasteiger partial charge < -0.3 is 10.6 Å². The van der Waals surface area contributed by atoms with Crippen LogP contribution >= 0.6 is 34.9 Å². The summed E-state index contributed by atoms with van der Waals surface area (Å²) in [5, 5.41) is 7.24. The number of hydrogen-bond acceptors (Lipinski definition) is 6. The van der Waals surface area contributed by atoms with E-state index in [4.69, 9.17) is 23.2 Å². The Morgan fingerprint density at radius 2 is 2.06 bits per heavy atom. The topological polar surface area (TPSA) is 62.2 Å². The fourth-order valence-electron chi connectivity index (χ4n) is 1.59. The number of aromatic nitrogens is 2. The summed E-state index contributed by atoms with van der Waals surface area (Å²) >= 11 is 13.3. The van der Waals surface area contributed by atoms with Crippen LogP contribution in [0.1, 0.15) is 0 Å². The van der Waals surface area contributed by atoms with Crippen LogP contribution in [0.25, 0.3) is 11.0 Å². The molecule has 8 heteroatoms. The zero-order valence-electron chi connectivity index (χ0n) is 8.50. The third-order valence-electron chi connectivity index (χ3n) is 2.36. The van der Waals surface area contributed by atoms with E-state index in [0.717, 1.165) is 24.8 Å². The van der Waals surface area contributed by atoms with Gasteiger partial charge in [-0.25, -0.2) is 0 Å². The van der Waals surface area contributed by atoms with Crippen molar-refractivity contribution in [3.05, 3.63) is 16.1 Å². The molecule has 1 aromatic heterocycles. The summed E-state index contributed by atoms with van der Waals surface area (Å²) < 4.78 is 8.33. The first-order valence-electron chi connectivity index (χ1n) is 4.91. The first-order valence-corrected chi connectivity index (χ1v) is 6.40. The maximum atomic E-state index is 6.15. The van der Waals surface area contributed by atoms with Gasteiger partial charge in [-0.1, -0.05) is 23.2 Å². The maximum absolute atomic E-state index is 6.15. The molecule has 5 nitrogen and oxygen atoms in total. The third-order valence-corrected chi connectivity index (χ3v) is 3.48. The van der Waals surface area contributed by atoms with Crippen molar-refractivity contribution in [1.82, 2.24) is 14.1 Å². The first-order chi connectivity index (χ1) is 8.25. The lowest BCUT2D eigenvalue weighted by Crippen LogP contribution is -2.26. The second kappa shape index (κ2) is 4.29. The molecule has 0 unspecified atom stereocenters. The predicted octanol–water partition coefficient (Wildman–Crippen LogP) is 2.37. The normalized spacial score (nSPS) is 14.8. The Hall–Kier alpha value is -1.11. The van der Waals surface area contributed by atoms with Gasteiger partial charge in [0, 0.05) is 6.54 Å². The van der Waals surface area contributed by atoms with E-state index in [1.165, 1.54) is 0 Å². The molecule has 0 aliphatic carbocycles. The Balaban J connectivity index is 2.11. The van der Waals surface area contributed by atoms with E-state index < -0.39 is 0 Å². The molecule has 0 radical (unpaired) electrons. The van der Waals surface area contributed by atoms with Gasteiger partial charge in [-0.3, -0.25) is 4.99 Å². The minimum absolute atomic E-state index is 0.505. The average Bonchev–Trinajstić information content (AvgIpc) is 2.95. The quantitative estimate of drug-likeness (QED) is 0.845. The highest BCUT2D eigenvalue weighted by molar-refractivity contribution is 7.00. The Morgan fingerprint density at radius 3 is 2.82 bits per heavy atom. The van der Waals surface area contributed by atoms with Crippen LogP contribution in [0.5, 0.6) is 0 Å². The number of aliphatic imine (C=N–C) groups is 1. The second-order valence-corrected chi connectivity index (χ2v) is 4.80. The molecule has 0 saturated heterocycles. The molecule has 1 aromatic carbocycles. The Labute approximate surface area is 111 Å². The Kier molecular flexibility index (Phi) is 2.78. The van der Waals surface area contributed by atoms with Gasteiger partial charge in [0.25, 0.3) is 0 Å². The fourth-order valence-corrected chi connectivity index (χ4v) is 2.75. The van der Waals surface area contributed by atoms with Crippen molar-refractivity contribution in [2.75, 3.05) is 18.4 Å². The predicted molar refractivity (Wildman–Crippen MR) is 71.4 cm³/mol. The van der Waals surface area contributed by atoms with Gasteiger partial charge in [-0.05, 0) is 6.07 Å². The molecule has 2 N–H and O–H groups in total. The lowest BCUT2D eigenvalue weighted by molar-refractivity contribution is 0.959. The SMILES string of the molecule is Clc1cc(Cl)c2nsnc2c1NC1=NCCN1. The van der Waals surface area contributed by atoms with Crippen molar-refractivity contribution >= 4 is 57.6 Å². The van der Waals surface area contributed by atoms with Crippen LogP contribution in [-0.4, -0.2) is 27.8 Å². The second-order valence-electron chi connectivity index (χ2n) is 3.46. The van der Waals surface area contributed by atoms with Crippen molar-refractivity contribution in [2.24, 2.45) is 4.99 Å². The monoisotopic (exact) mass is 287 g/mol. The van der Waals surface area contributed by atoms with Gasteiger partial charge in [0.05, 0.1) is 34.0 Å². The molecular weight excluding hydrogens is 281 g/mol. The molecular formula is C9H7Cl2N5S. The maximum Gasteiger partial charge on any atom is 0.196 e. The molecule has 0 saturated carbocycles. The summed E-state index contributed by atoms with van der Waals surface area (Å²) in [7, 11) is 0.